The monoisotopic (exact) mass is 237 g/mol. The lowest BCUT2D eigenvalue weighted by Crippen LogP contribution is -2.48. The largest absolute Gasteiger partial charge is 0.494 e. The summed E-state index contributed by atoms with van der Waals surface area (Å²) in [6.45, 7) is 0. The fourth-order valence-electron chi connectivity index (χ4n) is 2.07. The quantitative estimate of drug-likeness (QED) is 0.817. The third kappa shape index (κ3) is 2.47. The van der Waals surface area contributed by atoms with Crippen LogP contribution in [-0.2, 0) is 0 Å². The number of carbonyl (C=O) groups is 1. The number of nitrogens with two attached hydrogens (primary N) is 1. The molecule has 1 aromatic carbocycles. The second-order valence-electron chi connectivity index (χ2n) is 4.67. The maximum Gasteiger partial charge on any atom is 0.165 e. The first-order chi connectivity index (χ1) is 8.04. The van der Waals surface area contributed by atoms with E-state index in [0.717, 1.165) is 19.3 Å². The number of halogens is 1. The van der Waals surface area contributed by atoms with Crippen LogP contribution in [0.2, 0.25) is 0 Å². The zero-order valence-corrected chi connectivity index (χ0v) is 9.83. The average Bonchev–Trinajstić information content (AvgIpc) is 2.26. The lowest BCUT2D eigenvalue weighted by molar-refractivity contribution is 0.0911. The first kappa shape index (κ1) is 12.0. The minimum atomic E-state index is -0.516. The van der Waals surface area contributed by atoms with Gasteiger partial charge >= 0.3 is 0 Å². The molecule has 1 aromatic rings. The number of benzene rings is 1. The highest BCUT2D eigenvalue weighted by atomic mass is 19.1. The van der Waals surface area contributed by atoms with Crippen molar-refractivity contribution in [1.82, 2.24) is 0 Å². The van der Waals surface area contributed by atoms with Crippen LogP contribution in [0.4, 0.5) is 4.39 Å². The number of hydrogen-bond donors (Lipinski definition) is 1. The van der Waals surface area contributed by atoms with Crippen molar-refractivity contribution in [3.8, 4) is 5.75 Å². The van der Waals surface area contributed by atoms with Crippen molar-refractivity contribution < 1.29 is 13.9 Å². The number of ether oxygens (including phenoxy) is 1. The first-order valence-corrected chi connectivity index (χ1v) is 5.70. The molecular weight excluding hydrogens is 221 g/mol. The molecule has 92 valence electrons. The van der Waals surface area contributed by atoms with E-state index >= 15 is 0 Å². The molecule has 0 spiro atoms. The lowest BCUT2D eigenvalue weighted by atomic mass is 9.74. The van der Waals surface area contributed by atoms with Gasteiger partial charge in [-0.25, -0.2) is 4.39 Å². The van der Waals surface area contributed by atoms with Gasteiger partial charge in [0, 0.05) is 17.5 Å². The van der Waals surface area contributed by atoms with Gasteiger partial charge in [0.05, 0.1) is 7.11 Å². The molecular formula is C13H16FNO2. The maximum atomic E-state index is 13.4. The van der Waals surface area contributed by atoms with Crippen molar-refractivity contribution in [3.05, 3.63) is 29.6 Å². The van der Waals surface area contributed by atoms with Crippen LogP contribution in [0.1, 0.15) is 36.0 Å². The zero-order chi connectivity index (χ0) is 12.5. The van der Waals surface area contributed by atoms with Crippen molar-refractivity contribution in [2.75, 3.05) is 7.11 Å². The standard InChI is InChI=1S/C13H16FNO2/c1-17-12-4-3-9(7-10(12)14)11(16)8-13(15)5-2-6-13/h3-4,7H,2,5-6,8,15H2,1H3. The molecule has 0 bridgehead atoms. The van der Waals surface area contributed by atoms with Gasteiger partial charge in [-0.3, -0.25) is 4.79 Å². The van der Waals surface area contributed by atoms with Gasteiger partial charge in [-0.05, 0) is 37.5 Å². The molecule has 1 aliphatic carbocycles. The maximum absolute atomic E-state index is 13.4. The van der Waals surface area contributed by atoms with Crippen LogP contribution in [0.15, 0.2) is 18.2 Å². The van der Waals surface area contributed by atoms with Crippen LogP contribution >= 0.6 is 0 Å². The minimum Gasteiger partial charge on any atom is -0.494 e. The first-order valence-electron chi connectivity index (χ1n) is 5.70. The SMILES string of the molecule is COc1ccc(C(=O)CC2(N)CCC2)cc1F. The summed E-state index contributed by atoms with van der Waals surface area (Å²) >= 11 is 0. The van der Waals surface area contributed by atoms with Gasteiger partial charge in [0.15, 0.2) is 17.3 Å². The molecule has 0 radical (unpaired) electrons. The molecule has 1 aliphatic rings. The molecule has 3 nitrogen and oxygen atoms in total. The van der Waals surface area contributed by atoms with E-state index in [-0.39, 0.29) is 17.1 Å². The second-order valence-corrected chi connectivity index (χ2v) is 4.67. The fraction of sp³-hybridized carbons (Fsp3) is 0.462. The number of rotatable bonds is 4. The Bertz CT molecular complexity index is 441. The summed E-state index contributed by atoms with van der Waals surface area (Å²) in [5.41, 5.74) is 5.99. The van der Waals surface area contributed by atoms with Gasteiger partial charge < -0.3 is 10.5 Å². The van der Waals surface area contributed by atoms with Crippen molar-refractivity contribution in [1.29, 1.82) is 0 Å². The van der Waals surface area contributed by atoms with Gasteiger partial charge in [0.1, 0.15) is 0 Å². The molecule has 1 fully saturated rings. The Morgan fingerprint density at radius 1 is 1.53 bits per heavy atom. The highest BCUT2D eigenvalue weighted by molar-refractivity contribution is 5.97. The van der Waals surface area contributed by atoms with Gasteiger partial charge in [0.2, 0.25) is 0 Å². The molecule has 0 unspecified atom stereocenters. The van der Waals surface area contributed by atoms with E-state index in [0.29, 0.717) is 12.0 Å². The molecule has 0 aromatic heterocycles. The van der Waals surface area contributed by atoms with Crippen LogP contribution in [0.3, 0.4) is 0 Å². The Morgan fingerprint density at radius 3 is 2.71 bits per heavy atom. The molecule has 2 rings (SSSR count). The number of ketones is 1. The minimum absolute atomic E-state index is 0.103. The Hall–Kier alpha value is -1.42. The fourth-order valence-corrected chi connectivity index (χ4v) is 2.07. The molecule has 17 heavy (non-hydrogen) atoms. The Balaban J connectivity index is 2.11. The van der Waals surface area contributed by atoms with Crippen LogP contribution in [0.25, 0.3) is 0 Å². The van der Waals surface area contributed by atoms with Crippen LogP contribution < -0.4 is 10.5 Å². The van der Waals surface area contributed by atoms with E-state index in [1.807, 2.05) is 0 Å². The van der Waals surface area contributed by atoms with Crippen LogP contribution in [-0.4, -0.2) is 18.4 Å². The summed E-state index contributed by atoms with van der Waals surface area (Å²) in [5, 5.41) is 0. The number of hydrogen-bond acceptors (Lipinski definition) is 3. The van der Waals surface area contributed by atoms with E-state index in [1.165, 1.54) is 19.2 Å². The second kappa shape index (κ2) is 4.45. The van der Waals surface area contributed by atoms with E-state index < -0.39 is 5.82 Å². The molecule has 0 heterocycles. The Kier molecular flexibility index (Phi) is 3.15. The van der Waals surface area contributed by atoms with Gasteiger partial charge in [-0.15, -0.1) is 0 Å². The van der Waals surface area contributed by atoms with Crippen LogP contribution in [0.5, 0.6) is 5.75 Å². The van der Waals surface area contributed by atoms with Crippen LogP contribution in [0, 0.1) is 5.82 Å². The predicted octanol–water partition coefficient (Wildman–Crippen LogP) is 2.29. The van der Waals surface area contributed by atoms with E-state index in [9.17, 15) is 9.18 Å². The molecule has 4 heteroatoms. The average molecular weight is 237 g/mol. The summed E-state index contributed by atoms with van der Waals surface area (Å²) in [4.78, 5) is 11.9. The summed E-state index contributed by atoms with van der Waals surface area (Å²) in [6, 6.07) is 4.25. The predicted molar refractivity (Wildman–Crippen MR) is 62.7 cm³/mol. The smallest absolute Gasteiger partial charge is 0.165 e. The van der Waals surface area contributed by atoms with Crippen molar-refractivity contribution in [3.63, 3.8) is 0 Å². The molecule has 1 saturated carbocycles. The molecule has 0 saturated heterocycles. The number of methoxy groups -OCH3 is 1. The summed E-state index contributed by atoms with van der Waals surface area (Å²) in [7, 11) is 1.39. The highest BCUT2D eigenvalue weighted by Gasteiger charge is 2.34. The van der Waals surface area contributed by atoms with Crippen molar-refractivity contribution in [2.45, 2.75) is 31.2 Å². The normalized spacial score (nSPS) is 17.4. The molecule has 2 N–H and O–H groups in total. The van der Waals surface area contributed by atoms with E-state index in [2.05, 4.69) is 0 Å². The third-order valence-corrected chi connectivity index (χ3v) is 3.34. The van der Waals surface area contributed by atoms with Gasteiger partial charge in [-0.1, -0.05) is 0 Å². The molecule has 0 amide bonds. The topological polar surface area (TPSA) is 52.3 Å². The van der Waals surface area contributed by atoms with Gasteiger partial charge in [0.25, 0.3) is 0 Å². The van der Waals surface area contributed by atoms with Crippen molar-refractivity contribution >= 4 is 5.78 Å². The summed E-state index contributed by atoms with van der Waals surface area (Å²) < 4.78 is 18.2. The Labute approximate surface area is 99.8 Å². The Morgan fingerprint density at radius 2 is 2.24 bits per heavy atom. The summed E-state index contributed by atoms with van der Waals surface area (Å²) in [6.07, 6.45) is 3.11. The zero-order valence-electron chi connectivity index (χ0n) is 9.83. The highest BCUT2D eigenvalue weighted by Crippen LogP contribution is 2.33. The van der Waals surface area contributed by atoms with E-state index in [1.54, 1.807) is 6.07 Å². The van der Waals surface area contributed by atoms with E-state index in [4.69, 9.17) is 10.5 Å². The lowest BCUT2D eigenvalue weighted by Gasteiger charge is -2.37. The number of carbonyl (C=O) groups excluding carboxylic acids is 1. The number of Topliss-reactive ketones (excluding diaryl/α,β-unsaturated/α-hetero) is 1. The third-order valence-electron chi connectivity index (χ3n) is 3.34. The molecule has 0 atom stereocenters. The summed E-state index contributed by atoms with van der Waals surface area (Å²) in [5.74, 6) is -0.473. The van der Waals surface area contributed by atoms with Gasteiger partial charge in [-0.2, -0.15) is 0 Å². The van der Waals surface area contributed by atoms with Crippen molar-refractivity contribution in [2.24, 2.45) is 5.73 Å². The molecule has 0 aliphatic heterocycles.